The fourth-order valence-corrected chi connectivity index (χ4v) is 0.744. The van der Waals surface area contributed by atoms with Gasteiger partial charge in [0.25, 0.3) is 0 Å². The van der Waals surface area contributed by atoms with Crippen LogP contribution in [0.25, 0.3) is 0 Å². The number of aryl methyl sites for hydroxylation is 1. The van der Waals surface area contributed by atoms with Crippen molar-refractivity contribution in [2.75, 3.05) is 0 Å². The van der Waals surface area contributed by atoms with Crippen LogP contribution in [-0.4, -0.2) is 16.0 Å². The molecule has 0 saturated heterocycles. The Hall–Kier alpha value is -0.531. The van der Waals surface area contributed by atoms with Crippen LogP contribution in [0.15, 0.2) is 21.5 Å². The molecule has 1 heterocycles. The van der Waals surface area contributed by atoms with Gasteiger partial charge in [-0.15, -0.1) is 0 Å². The summed E-state index contributed by atoms with van der Waals surface area (Å²) in [5.41, 5.74) is -0.0150. The number of hydrogen-bond acceptors (Lipinski definition) is 2. The summed E-state index contributed by atoms with van der Waals surface area (Å²) in [6.45, 7) is 1.74. The van der Waals surface area contributed by atoms with Gasteiger partial charge in [-0.1, -0.05) is 0 Å². The zero-order valence-corrected chi connectivity index (χ0v) is 6.59. The summed E-state index contributed by atoms with van der Waals surface area (Å²) in [5, 5.41) is 0. The van der Waals surface area contributed by atoms with Crippen molar-refractivity contribution in [1.82, 2.24) is 0 Å². The summed E-state index contributed by atoms with van der Waals surface area (Å²) < 4.78 is 5.47. The van der Waals surface area contributed by atoms with Crippen molar-refractivity contribution in [2.45, 2.75) is 6.92 Å². The molecule has 0 aliphatic carbocycles. The zero-order valence-electron chi connectivity index (χ0n) is 4.88. The molecule has 0 radical (unpaired) electrons. The van der Waals surface area contributed by atoms with Gasteiger partial charge in [-0.05, 0) is 0 Å². The third-order valence-corrected chi connectivity index (χ3v) is 2.03. The van der Waals surface area contributed by atoms with E-state index in [4.69, 9.17) is 4.42 Å². The molecular formula is C6H5O2Se-. The van der Waals surface area contributed by atoms with E-state index in [0.717, 1.165) is 0 Å². The standard InChI is InChI=1S/C6H6O2Se/c1-4-6(9)5(7)2-3-8-4/h2-3,9H,1H3/p-1. The van der Waals surface area contributed by atoms with E-state index < -0.39 is 0 Å². The molecule has 0 bridgehead atoms. The van der Waals surface area contributed by atoms with E-state index in [2.05, 4.69) is 16.0 Å². The summed E-state index contributed by atoms with van der Waals surface area (Å²) in [7, 11) is 0. The number of hydrogen-bond donors (Lipinski definition) is 0. The molecule has 9 heavy (non-hydrogen) atoms. The van der Waals surface area contributed by atoms with Gasteiger partial charge >= 0.3 is 60.1 Å². The Kier molecular flexibility index (Phi) is 1.74. The van der Waals surface area contributed by atoms with Crippen LogP contribution in [0.3, 0.4) is 0 Å². The van der Waals surface area contributed by atoms with Crippen molar-refractivity contribution in [2.24, 2.45) is 0 Å². The predicted octanol–water partition coefficient (Wildman–Crippen LogP) is -0.258. The third kappa shape index (κ3) is 1.23. The Balaban J connectivity index is 3.43. The molecule has 48 valence electrons. The second-order valence-corrected chi connectivity index (χ2v) is 2.53. The van der Waals surface area contributed by atoms with E-state index >= 15 is 0 Å². The summed E-state index contributed by atoms with van der Waals surface area (Å²) in [5.74, 6) is 0.641. The first-order valence-corrected chi connectivity index (χ1v) is 3.33. The summed E-state index contributed by atoms with van der Waals surface area (Å²) in [6.07, 6.45) is 1.39. The fourth-order valence-electron chi connectivity index (χ4n) is 0.501. The van der Waals surface area contributed by atoms with Gasteiger partial charge in [0.15, 0.2) is 0 Å². The van der Waals surface area contributed by atoms with Crippen LogP contribution < -0.4 is 9.89 Å². The maximum absolute atomic E-state index is 10.7. The molecule has 2 nitrogen and oxygen atoms in total. The SMILES string of the molecule is Cc1occc(=O)c1[Se-]. The van der Waals surface area contributed by atoms with Crippen LogP contribution in [-0.2, 0) is 0 Å². The van der Waals surface area contributed by atoms with Crippen LogP contribution >= 0.6 is 0 Å². The summed E-state index contributed by atoms with van der Waals surface area (Å²) >= 11 is 2.63. The first-order valence-electron chi connectivity index (χ1n) is 2.47. The van der Waals surface area contributed by atoms with Gasteiger partial charge in [-0.2, -0.15) is 0 Å². The van der Waals surface area contributed by atoms with Gasteiger partial charge in [-0.3, -0.25) is 0 Å². The van der Waals surface area contributed by atoms with Crippen molar-refractivity contribution in [1.29, 1.82) is 0 Å². The molecule has 0 aromatic carbocycles. The Morgan fingerprint density at radius 1 is 1.67 bits per heavy atom. The van der Waals surface area contributed by atoms with Crippen molar-refractivity contribution in [3.63, 3.8) is 0 Å². The molecule has 3 heteroatoms. The molecule has 1 aromatic heterocycles. The normalized spacial score (nSPS) is 9.44. The topological polar surface area (TPSA) is 30.2 Å². The molecule has 0 saturated carbocycles. The molecule has 0 N–H and O–H groups in total. The van der Waals surface area contributed by atoms with Gasteiger partial charge in [0, 0.05) is 0 Å². The van der Waals surface area contributed by atoms with E-state index in [0.29, 0.717) is 10.2 Å². The maximum atomic E-state index is 10.7. The molecule has 0 amide bonds. The second-order valence-electron chi connectivity index (χ2n) is 1.67. The van der Waals surface area contributed by atoms with E-state index in [1.807, 2.05) is 0 Å². The first-order chi connectivity index (χ1) is 4.22. The monoisotopic (exact) mass is 189 g/mol. The molecule has 1 aromatic rings. The summed E-state index contributed by atoms with van der Waals surface area (Å²) in [6, 6.07) is 1.39. The minimum atomic E-state index is -0.0150. The first kappa shape index (κ1) is 6.59. The Morgan fingerprint density at radius 3 is 2.78 bits per heavy atom. The van der Waals surface area contributed by atoms with Crippen LogP contribution in [0.5, 0.6) is 0 Å². The second kappa shape index (κ2) is 2.38. The van der Waals surface area contributed by atoms with E-state index in [1.54, 1.807) is 6.92 Å². The van der Waals surface area contributed by atoms with Crippen LogP contribution in [0.1, 0.15) is 5.76 Å². The Bertz CT molecular complexity index is 264. The zero-order chi connectivity index (χ0) is 6.85. The molecular weight excluding hydrogens is 183 g/mol. The Morgan fingerprint density at radius 2 is 2.33 bits per heavy atom. The van der Waals surface area contributed by atoms with Gasteiger partial charge in [0.2, 0.25) is 0 Å². The minimum absolute atomic E-state index is 0.0150. The average molecular weight is 188 g/mol. The molecule has 0 spiro atoms. The van der Waals surface area contributed by atoms with E-state index in [-0.39, 0.29) is 5.43 Å². The van der Waals surface area contributed by atoms with Crippen molar-refractivity contribution in [3.8, 4) is 0 Å². The third-order valence-electron chi connectivity index (χ3n) is 1.01. The quantitative estimate of drug-likeness (QED) is 0.525. The van der Waals surface area contributed by atoms with Gasteiger partial charge in [0.1, 0.15) is 0 Å². The van der Waals surface area contributed by atoms with Gasteiger partial charge in [-0.25, -0.2) is 0 Å². The molecule has 0 atom stereocenters. The van der Waals surface area contributed by atoms with Crippen molar-refractivity contribution >= 4 is 20.5 Å². The molecule has 0 aliphatic heterocycles. The molecule has 1 rings (SSSR count). The number of rotatable bonds is 0. The van der Waals surface area contributed by atoms with Crippen LogP contribution in [0, 0.1) is 6.92 Å². The van der Waals surface area contributed by atoms with Crippen molar-refractivity contribution < 1.29 is 4.42 Å². The van der Waals surface area contributed by atoms with Gasteiger partial charge < -0.3 is 0 Å². The summed E-state index contributed by atoms with van der Waals surface area (Å²) in [4.78, 5) is 10.7. The van der Waals surface area contributed by atoms with Crippen LogP contribution in [0.4, 0.5) is 0 Å². The predicted molar refractivity (Wildman–Crippen MR) is 35.1 cm³/mol. The Labute approximate surface area is 60.7 Å². The molecule has 0 unspecified atom stereocenters. The van der Waals surface area contributed by atoms with E-state index in [1.165, 1.54) is 12.3 Å². The van der Waals surface area contributed by atoms with Crippen molar-refractivity contribution in [3.05, 3.63) is 28.3 Å². The molecule has 0 fully saturated rings. The van der Waals surface area contributed by atoms with Gasteiger partial charge in [0.05, 0.1) is 0 Å². The fraction of sp³-hybridized carbons (Fsp3) is 0.167. The van der Waals surface area contributed by atoms with E-state index in [9.17, 15) is 4.79 Å². The molecule has 0 aliphatic rings. The van der Waals surface area contributed by atoms with Crippen LogP contribution in [0.2, 0.25) is 0 Å². The average Bonchev–Trinajstić information content (AvgIpc) is 1.83.